The molecule has 0 saturated carbocycles. The molecule has 108 valence electrons. The number of aliphatic hydroxyl groups excluding tert-OH is 1. The van der Waals surface area contributed by atoms with Gasteiger partial charge in [0.25, 0.3) is 0 Å². The topological polar surface area (TPSA) is 45.4 Å². The molecule has 1 unspecified atom stereocenters. The predicted molar refractivity (Wildman–Crippen MR) is 83.8 cm³/mol. The van der Waals surface area contributed by atoms with E-state index in [0.717, 1.165) is 27.9 Å². The van der Waals surface area contributed by atoms with E-state index in [4.69, 9.17) is 4.42 Å². The minimum atomic E-state index is 0.0663. The molecular weight excluding hydrogens is 262 g/mol. The molecule has 0 aliphatic carbocycles. The van der Waals surface area contributed by atoms with Crippen molar-refractivity contribution >= 4 is 11.0 Å². The van der Waals surface area contributed by atoms with E-state index in [1.165, 1.54) is 0 Å². The van der Waals surface area contributed by atoms with Crippen LogP contribution < -0.4 is 5.32 Å². The highest BCUT2D eigenvalue weighted by molar-refractivity contribution is 5.77. The van der Waals surface area contributed by atoms with Gasteiger partial charge < -0.3 is 14.8 Å². The van der Waals surface area contributed by atoms with Crippen LogP contribution in [0.3, 0.4) is 0 Å². The SMILES string of the molecule is CC(NCc1ccccc1CO)c1cc2ccccc2o1. The average Bonchev–Trinajstić information content (AvgIpc) is 2.97. The molecule has 3 heteroatoms. The van der Waals surface area contributed by atoms with Gasteiger partial charge in [-0.1, -0.05) is 42.5 Å². The van der Waals surface area contributed by atoms with Crippen molar-refractivity contribution in [1.29, 1.82) is 0 Å². The third-order valence-electron chi connectivity index (χ3n) is 3.76. The Hall–Kier alpha value is -2.10. The maximum atomic E-state index is 9.35. The van der Waals surface area contributed by atoms with Gasteiger partial charge in [0.05, 0.1) is 12.6 Å². The molecule has 0 aliphatic heterocycles. The quantitative estimate of drug-likeness (QED) is 0.748. The summed E-state index contributed by atoms with van der Waals surface area (Å²) in [5, 5.41) is 13.9. The number of hydrogen-bond donors (Lipinski definition) is 2. The summed E-state index contributed by atoms with van der Waals surface area (Å²) in [6, 6.07) is 18.1. The summed E-state index contributed by atoms with van der Waals surface area (Å²) in [7, 11) is 0. The molecule has 3 rings (SSSR count). The van der Waals surface area contributed by atoms with E-state index in [1.54, 1.807) is 0 Å². The second-order valence-corrected chi connectivity index (χ2v) is 5.22. The van der Waals surface area contributed by atoms with Gasteiger partial charge in [-0.2, -0.15) is 0 Å². The van der Waals surface area contributed by atoms with E-state index >= 15 is 0 Å². The van der Waals surface area contributed by atoms with Crippen LogP contribution in [-0.4, -0.2) is 5.11 Å². The Morgan fingerprint density at radius 2 is 1.76 bits per heavy atom. The molecule has 0 spiro atoms. The molecule has 0 bridgehead atoms. The lowest BCUT2D eigenvalue weighted by Crippen LogP contribution is -2.18. The molecule has 2 aromatic carbocycles. The Morgan fingerprint density at radius 3 is 2.52 bits per heavy atom. The maximum Gasteiger partial charge on any atom is 0.134 e. The first-order valence-corrected chi connectivity index (χ1v) is 7.17. The Labute approximate surface area is 124 Å². The second kappa shape index (κ2) is 6.12. The van der Waals surface area contributed by atoms with Crippen LogP contribution in [0.2, 0.25) is 0 Å². The third kappa shape index (κ3) is 2.99. The van der Waals surface area contributed by atoms with Crippen LogP contribution in [0.1, 0.15) is 29.9 Å². The molecule has 2 N–H and O–H groups in total. The van der Waals surface area contributed by atoms with E-state index in [-0.39, 0.29) is 12.6 Å². The lowest BCUT2D eigenvalue weighted by Gasteiger charge is -2.13. The fraction of sp³-hybridized carbons (Fsp3) is 0.222. The Balaban J connectivity index is 1.72. The molecule has 1 aromatic heterocycles. The van der Waals surface area contributed by atoms with Gasteiger partial charge in [0.2, 0.25) is 0 Å². The molecule has 0 amide bonds. The molecule has 1 atom stereocenters. The van der Waals surface area contributed by atoms with Crippen molar-refractivity contribution in [2.75, 3.05) is 0 Å². The summed E-state index contributed by atoms with van der Waals surface area (Å²) in [4.78, 5) is 0. The first-order chi connectivity index (χ1) is 10.3. The lowest BCUT2D eigenvalue weighted by atomic mass is 10.1. The summed E-state index contributed by atoms with van der Waals surface area (Å²) in [5.74, 6) is 0.928. The Morgan fingerprint density at radius 1 is 1.05 bits per heavy atom. The minimum absolute atomic E-state index is 0.0663. The van der Waals surface area contributed by atoms with Crippen LogP contribution in [0.25, 0.3) is 11.0 Å². The normalized spacial score (nSPS) is 12.7. The van der Waals surface area contributed by atoms with Gasteiger partial charge in [-0.15, -0.1) is 0 Å². The molecule has 3 nitrogen and oxygen atoms in total. The van der Waals surface area contributed by atoms with Gasteiger partial charge in [0.15, 0.2) is 0 Å². The molecule has 0 fully saturated rings. The fourth-order valence-electron chi connectivity index (χ4n) is 2.46. The summed E-state index contributed by atoms with van der Waals surface area (Å²) >= 11 is 0. The largest absolute Gasteiger partial charge is 0.459 e. The number of aliphatic hydroxyl groups is 1. The number of fused-ring (bicyclic) bond motifs is 1. The number of benzene rings is 2. The molecular formula is C18H19NO2. The van der Waals surface area contributed by atoms with Crippen LogP contribution in [-0.2, 0) is 13.2 Å². The number of para-hydroxylation sites is 1. The summed E-state index contributed by atoms with van der Waals surface area (Å²) < 4.78 is 5.86. The van der Waals surface area contributed by atoms with Crippen molar-refractivity contribution < 1.29 is 9.52 Å². The molecule has 1 heterocycles. The highest BCUT2D eigenvalue weighted by Crippen LogP contribution is 2.24. The Bertz CT molecular complexity index is 700. The van der Waals surface area contributed by atoms with E-state index in [9.17, 15) is 5.11 Å². The summed E-state index contributed by atoms with van der Waals surface area (Å²) in [6.45, 7) is 2.85. The standard InChI is InChI=1S/C18H19NO2/c1-13(18-10-14-6-4-5-9-17(14)21-18)19-11-15-7-2-3-8-16(15)12-20/h2-10,13,19-20H,11-12H2,1H3. The highest BCUT2D eigenvalue weighted by Gasteiger charge is 2.11. The average molecular weight is 281 g/mol. The molecule has 3 aromatic rings. The first-order valence-electron chi connectivity index (χ1n) is 7.17. The first kappa shape index (κ1) is 13.9. The van der Waals surface area contributed by atoms with Gasteiger partial charge in [0.1, 0.15) is 11.3 Å². The van der Waals surface area contributed by atoms with Crippen molar-refractivity contribution in [3.63, 3.8) is 0 Å². The number of furan rings is 1. The van der Waals surface area contributed by atoms with Crippen molar-refractivity contribution in [3.05, 3.63) is 71.5 Å². The van der Waals surface area contributed by atoms with Crippen molar-refractivity contribution in [1.82, 2.24) is 5.32 Å². The van der Waals surface area contributed by atoms with Gasteiger partial charge in [-0.25, -0.2) is 0 Å². The fourth-order valence-corrected chi connectivity index (χ4v) is 2.46. The lowest BCUT2D eigenvalue weighted by molar-refractivity contribution is 0.280. The van der Waals surface area contributed by atoms with E-state index in [2.05, 4.69) is 24.4 Å². The highest BCUT2D eigenvalue weighted by atomic mass is 16.3. The van der Waals surface area contributed by atoms with Crippen molar-refractivity contribution in [2.45, 2.75) is 26.1 Å². The zero-order valence-electron chi connectivity index (χ0n) is 12.0. The molecule has 0 aliphatic rings. The zero-order chi connectivity index (χ0) is 14.7. The van der Waals surface area contributed by atoms with Crippen molar-refractivity contribution in [2.24, 2.45) is 0 Å². The van der Waals surface area contributed by atoms with E-state index in [1.807, 2.05) is 42.5 Å². The Kier molecular flexibility index (Phi) is 4.04. The molecule has 0 saturated heterocycles. The van der Waals surface area contributed by atoms with Gasteiger partial charge in [-0.05, 0) is 30.2 Å². The van der Waals surface area contributed by atoms with Crippen LogP contribution in [0.5, 0.6) is 0 Å². The maximum absolute atomic E-state index is 9.35. The summed E-state index contributed by atoms with van der Waals surface area (Å²) in [6.07, 6.45) is 0. The summed E-state index contributed by atoms with van der Waals surface area (Å²) in [5.41, 5.74) is 2.99. The smallest absolute Gasteiger partial charge is 0.134 e. The van der Waals surface area contributed by atoms with Gasteiger partial charge in [0, 0.05) is 11.9 Å². The van der Waals surface area contributed by atoms with Crippen LogP contribution in [0, 0.1) is 0 Å². The van der Waals surface area contributed by atoms with E-state index < -0.39 is 0 Å². The number of nitrogens with one attached hydrogen (secondary N) is 1. The van der Waals surface area contributed by atoms with Crippen molar-refractivity contribution in [3.8, 4) is 0 Å². The number of hydrogen-bond acceptors (Lipinski definition) is 3. The monoisotopic (exact) mass is 281 g/mol. The molecule has 21 heavy (non-hydrogen) atoms. The number of rotatable bonds is 5. The zero-order valence-corrected chi connectivity index (χ0v) is 12.0. The third-order valence-corrected chi connectivity index (χ3v) is 3.76. The minimum Gasteiger partial charge on any atom is -0.459 e. The van der Waals surface area contributed by atoms with Crippen LogP contribution in [0.4, 0.5) is 0 Å². The second-order valence-electron chi connectivity index (χ2n) is 5.22. The van der Waals surface area contributed by atoms with E-state index in [0.29, 0.717) is 6.54 Å². The van der Waals surface area contributed by atoms with Gasteiger partial charge >= 0.3 is 0 Å². The van der Waals surface area contributed by atoms with Crippen LogP contribution in [0.15, 0.2) is 59.0 Å². The van der Waals surface area contributed by atoms with Gasteiger partial charge in [-0.3, -0.25) is 0 Å². The van der Waals surface area contributed by atoms with Crippen LogP contribution >= 0.6 is 0 Å². The predicted octanol–water partition coefficient (Wildman–Crippen LogP) is 3.78. The molecule has 0 radical (unpaired) electrons.